The quantitative estimate of drug-likeness (QED) is 0.281. The zero-order valence-corrected chi connectivity index (χ0v) is 21.5. The third kappa shape index (κ3) is 8.71. The number of aryl methyl sites for hydroxylation is 1. The third-order valence-corrected chi connectivity index (χ3v) is 7.11. The third-order valence-electron chi connectivity index (χ3n) is 7.11. The normalized spacial score (nSPS) is 18.1. The summed E-state index contributed by atoms with van der Waals surface area (Å²) in [5, 5.41) is 21.4. The van der Waals surface area contributed by atoms with Crippen LogP contribution in [-0.2, 0) is 27.3 Å². The van der Waals surface area contributed by atoms with E-state index in [2.05, 4.69) is 6.92 Å². The molecule has 1 saturated carbocycles. The fraction of sp³-hybridized carbons (Fsp3) is 0.714. The Hall–Kier alpha value is -2.28. The van der Waals surface area contributed by atoms with Crippen LogP contribution in [0.4, 0.5) is 0 Å². The Bertz CT molecular complexity index is 835. The molecule has 3 rings (SSSR count). The Morgan fingerprint density at radius 2 is 1.94 bits per heavy atom. The maximum absolute atomic E-state index is 12.2. The van der Waals surface area contributed by atoms with Gasteiger partial charge in [-0.25, -0.2) is 0 Å². The summed E-state index contributed by atoms with van der Waals surface area (Å²) >= 11 is 0. The lowest BCUT2D eigenvalue weighted by atomic mass is 9.98. The van der Waals surface area contributed by atoms with Crippen LogP contribution in [0.25, 0.3) is 0 Å². The molecule has 1 aromatic rings. The Balaban J connectivity index is 1.72. The number of carbonyl (C=O) groups is 2. The summed E-state index contributed by atoms with van der Waals surface area (Å²) < 4.78 is 11.7. The number of amides is 1. The summed E-state index contributed by atoms with van der Waals surface area (Å²) in [6, 6.07) is 3.82. The van der Waals surface area contributed by atoms with E-state index >= 15 is 0 Å². The van der Waals surface area contributed by atoms with Crippen molar-refractivity contribution in [3.8, 4) is 11.5 Å². The number of carbonyl (C=O) groups excluding carboxylic acids is 2. The number of aliphatic hydroxyl groups is 1. The van der Waals surface area contributed by atoms with Crippen LogP contribution in [0, 0.1) is 0 Å². The minimum Gasteiger partial charge on any atom is -0.504 e. The SMILES string of the molecule is CCCCC[C@H](O)C[C@@H](CCc1cc(CN2CCCC2=O)c(O)c(OC2CCCC2)c1)OC(C)=O. The molecule has 1 heterocycles. The molecule has 196 valence electrons. The van der Waals surface area contributed by atoms with Crippen LogP contribution in [0.15, 0.2) is 12.1 Å². The fourth-order valence-electron chi connectivity index (χ4n) is 5.18. The topological polar surface area (TPSA) is 96.3 Å². The first-order valence-electron chi connectivity index (χ1n) is 13.5. The van der Waals surface area contributed by atoms with E-state index in [1.165, 1.54) is 6.92 Å². The molecule has 1 amide bonds. The minimum atomic E-state index is -0.497. The van der Waals surface area contributed by atoms with Crippen molar-refractivity contribution >= 4 is 11.9 Å². The van der Waals surface area contributed by atoms with Gasteiger partial charge in [0.05, 0.1) is 12.2 Å². The van der Waals surface area contributed by atoms with Crippen LogP contribution in [-0.4, -0.2) is 51.8 Å². The average molecular weight is 490 g/mol. The number of rotatable bonds is 14. The van der Waals surface area contributed by atoms with Gasteiger partial charge in [-0.3, -0.25) is 9.59 Å². The van der Waals surface area contributed by atoms with E-state index in [9.17, 15) is 19.8 Å². The van der Waals surface area contributed by atoms with Gasteiger partial charge in [0.25, 0.3) is 0 Å². The molecule has 0 aromatic heterocycles. The number of aliphatic hydroxyl groups excluding tert-OH is 1. The van der Waals surface area contributed by atoms with Crippen molar-refractivity contribution < 1.29 is 29.3 Å². The molecule has 0 radical (unpaired) electrons. The number of ether oxygens (including phenoxy) is 2. The number of unbranched alkanes of at least 4 members (excludes halogenated alkanes) is 2. The molecule has 7 nitrogen and oxygen atoms in total. The molecule has 1 aliphatic carbocycles. The summed E-state index contributed by atoms with van der Waals surface area (Å²) in [5.41, 5.74) is 1.66. The largest absolute Gasteiger partial charge is 0.504 e. The van der Waals surface area contributed by atoms with Crippen LogP contribution >= 0.6 is 0 Å². The molecule has 0 spiro atoms. The van der Waals surface area contributed by atoms with Gasteiger partial charge in [0, 0.05) is 38.4 Å². The number of esters is 1. The van der Waals surface area contributed by atoms with Gasteiger partial charge in [-0.15, -0.1) is 0 Å². The molecule has 2 atom stereocenters. The van der Waals surface area contributed by atoms with E-state index in [1.807, 2.05) is 12.1 Å². The van der Waals surface area contributed by atoms with Crippen LogP contribution < -0.4 is 4.74 Å². The van der Waals surface area contributed by atoms with Crippen LogP contribution in [0.1, 0.15) is 102 Å². The number of nitrogens with zero attached hydrogens (tertiary/aromatic N) is 1. The summed E-state index contributed by atoms with van der Waals surface area (Å²) in [6.07, 6.45) is 10.3. The van der Waals surface area contributed by atoms with Crippen LogP contribution in [0.5, 0.6) is 11.5 Å². The van der Waals surface area contributed by atoms with E-state index < -0.39 is 6.10 Å². The van der Waals surface area contributed by atoms with Crippen molar-refractivity contribution in [2.24, 2.45) is 0 Å². The predicted molar refractivity (Wildman–Crippen MR) is 134 cm³/mol. The van der Waals surface area contributed by atoms with Gasteiger partial charge < -0.3 is 24.6 Å². The van der Waals surface area contributed by atoms with Crippen molar-refractivity contribution in [1.29, 1.82) is 0 Å². The van der Waals surface area contributed by atoms with Crippen molar-refractivity contribution in [1.82, 2.24) is 4.90 Å². The van der Waals surface area contributed by atoms with Gasteiger partial charge in [0.1, 0.15) is 6.10 Å². The highest BCUT2D eigenvalue weighted by molar-refractivity contribution is 5.78. The lowest BCUT2D eigenvalue weighted by Gasteiger charge is -2.22. The summed E-state index contributed by atoms with van der Waals surface area (Å²) in [7, 11) is 0. The van der Waals surface area contributed by atoms with E-state index in [0.29, 0.717) is 56.5 Å². The van der Waals surface area contributed by atoms with Gasteiger partial charge in [-0.05, 0) is 63.0 Å². The van der Waals surface area contributed by atoms with Gasteiger partial charge in [0.15, 0.2) is 11.5 Å². The van der Waals surface area contributed by atoms with Crippen molar-refractivity contribution in [3.05, 3.63) is 23.3 Å². The highest BCUT2D eigenvalue weighted by atomic mass is 16.5. The molecule has 2 aliphatic rings. The molecule has 7 heteroatoms. The summed E-state index contributed by atoms with van der Waals surface area (Å²) in [4.78, 5) is 25.7. The lowest BCUT2D eigenvalue weighted by Crippen LogP contribution is -2.24. The Kier molecular flexibility index (Phi) is 10.7. The number of hydrogen-bond donors (Lipinski definition) is 2. The standard InChI is InChI=1S/C28H43NO6/c1-3-4-5-9-23(31)18-25(34-20(2)30)14-13-21-16-22(19-29-15-8-12-27(29)32)28(33)26(17-21)35-24-10-6-7-11-24/h16-17,23-25,31,33H,3-15,18-19H2,1-2H3/t23-,25+/m0/s1. The molecule has 1 saturated heterocycles. The van der Waals surface area contributed by atoms with Gasteiger partial charge in [0.2, 0.25) is 5.91 Å². The molecular formula is C28H43NO6. The first kappa shape index (κ1) is 27.3. The van der Waals surface area contributed by atoms with Gasteiger partial charge >= 0.3 is 5.97 Å². The van der Waals surface area contributed by atoms with Crippen molar-refractivity contribution in [2.45, 2.75) is 122 Å². The van der Waals surface area contributed by atoms with Crippen LogP contribution in [0.2, 0.25) is 0 Å². The highest BCUT2D eigenvalue weighted by Gasteiger charge is 2.25. The molecule has 35 heavy (non-hydrogen) atoms. The average Bonchev–Trinajstić information content (AvgIpc) is 3.46. The predicted octanol–water partition coefficient (Wildman–Crippen LogP) is 5.03. The molecule has 2 N–H and O–H groups in total. The zero-order chi connectivity index (χ0) is 25.2. The Morgan fingerprint density at radius 1 is 1.17 bits per heavy atom. The molecule has 1 aliphatic heterocycles. The lowest BCUT2D eigenvalue weighted by molar-refractivity contribution is -0.148. The number of hydrogen-bond acceptors (Lipinski definition) is 6. The second kappa shape index (κ2) is 13.7. The first-order valence-corrected chi connectivity index (χ1v) is 13.5. The van der Waals surface area contributed by atoms with Gasteiger partial charge in [-0.1, -0.05) is 32.3 Å². The molecule has 2 fully saturated rings. The Morgan fingerprint density at radius 3 is 2.60 bits per heavy atom. The summed E-state index contributed by atoms with van der Waals surface area (Å²) in [6.45, 7) is 4.59. The molecular weight excluding hydrogens is 446 g/mol. The molecule has 0 bridgehead atoms. The molecule has 1 aromatic carbocycles. The maximum Gasteiger partial charge on any atom is 0.302 e. The van der Waals surface area contributed by atoms with Gasteiger partial charge in [-0.2, -0.15) is 0 Å². The second-order valence-electron chi connectivity index (χ2n) is 10.2. The van der Waals surface area contributed by atoms with E-state index in [4.69, 9.17) is 9.47 Å². The number of phenols is 1. The monoisotopic (exact) mass is 489 g/mol. The van der Waals surface area contributed by atoms with Crippen molar-refractivity contribution in [2.75, 3.05) is 6.54 Å². The second-order valence-corrected chi connectivity index (χ2v) is 10.2. The zero-order valence-electron chi connectivity index (χ0n) is 21.5. The van der Waals surface area contributed by atoms with E-state index in [1.54, 1.807) is 4.90 Å². The smallest absolute Gasteiger partial charge is 0.302 e. The highest BCUT2D eigenvalue weighted by Crippen LogP contribution is 2.36. The minimum absolute atomic E-state index is 0.101. The first-order chi connectivity index (χ1) is 16.9. The number of phenolic OH excluding ortho intramolecular Hbond substituents is 1. The number of aromatic hydroxyl groups is 1. The fourth-order valence-corrected chi connectivity index (χ4v) is 5.18. The molecule has 0 unspecified atom stereocenters. The maximum atomic E-state index is 12.2. The van der Waals surface area contributed by atoms with Crippen LogP contribution in [0.3, 0.4) is 0 Å². The number of likely N-dealkylation sites (tertiary alicyclic amines) is 1. The Labute approximate surface area is 209 Å². The van der Waals surface area contributed by atoms with E-state index in [0.717, 1.165) is 56.9 Å². The number of benzene rings is 1. The summed E-state index contributed by atoms with van der Waals surface area (Å²) in [5.74, 6) is 0.350. The van der Waals surface area contributed by atoms with E-state index in [-0.39, 0.29) is 29.8 Å². The van der Waals surface area contributed by atoms with Crippen molar-refractivity contribution in [3.63, 3.8) is 0 Å².